The summed E-state index contributed by atoms with van der Waals surface area (Å²) >= 11 is 1.35. The highest BCUT2D eigenvalue weighted by Crippen LogP contribution is 2.24. The number of carbonyl (C=O) groups is 1. The molecule has 130 valence electrons. The summed E-state index contributed by atoms with van der Waals surface area (Å²) < 4.78 is 25.8. The van der Waals surface area contributed by atoms with Crippen LogP contribution in [0.4, 0.5) is 5.13 Å². The smallest absolute Gasteiger partial charge is 0.244 e. The molecule has 0 radical (unpaired) electrons. The van der Waals surface area contributed by atoms with Crippen LogP contribution >= 0.6 is 11.3 Å². The first-order valence-corrected chi connectivity index (χ1v) is 10.4. The Bertz CT molecular complexity index is 642. The zero-order valence-electron chi connectivity index (χ0n) is 13.8. The predicted molar refractivity (Wildman–Crippen MR) is 90.9 cm³/mol. The summed E-state index contributed by atoms with van der Waals surface area (Å²) in [7, 11) is -3.37. The van der Waals surface area contributed by atoms with E-state index < -0.39 is 16.1 Å². The van der Waals surface area contributed by atoms with Crippen molar-refractivity contribution in [2.45, 2.75) is 52.5 Å². The molecular formula is C14H24N4O3S2. The molecule has 1 aromatic rings. The van der Waals surface area contributed by atoms with Gasteiger partial charge in [-0.1, -0.05) is 32.1 Å². The molecule has 0 saturated carbocycles. The van der Waals surface area contributed by atoms with E-state index in [1.165, 1.54) is 15.6 Å². The van der Waals surface area contributed by atoms with Crippen molar-refractivity contribution in [3.63, 3.8) is 0 Å². The second-order valence-corrected chi connectivity index (χ2v) is 9.28. The van der Waals surface area contributed by atoms with Gasteiger partial charge in [-0.2, -0.15) is 4.31 Å². The highest BCUT2D eigenvalue weighted by Gasteiger charge is 2.38. The van der Waals surface area contributed by atoms with E-state index in [0.717, 1.165) is 11.4 Å². The maximum Gasteiger partial charge on any atom is 0.244 e. The average molecular weight is 361 g/mol. The molecular weight excluding hydrogens is 336 g/mol. The average Bonchev–Trinajstić information content (AvgIpc) is 3.07. The Morgan fingerprint density at radius 2 is 2.17 bits per heavy atom. The Morgan fingerprint density at radius 1 is 1.43 bits per heavy atom. The third-order valence-electron chi connectivity index (χ3n) is 3.61. The number of carbonyl (C=O) groups excluding carboxylic acids is 1. The first-order valence-electron chi connectivity index (χ1n) is 7.96. The van der Waals surface area contributed by atoms with E-state index in [4.69, 9.17) is 0 Å². The van der Waals surface area contributed by atoms with Gasteiger partial charge >= 0.3 is 0 Å². The van der Waals surface area contributed by atoms with Crippen molar-refractivity contribution < 1.29 is 13.2 Å². The molecule has 0 aliphatic carbocycles. The molecule has 7 nitrogen and oxygen atoms in total. The molecule has 1 aliphatic heterocycles. The molecule has 0 bridgehead atoms. The van der Waals surface area contributed by atoms with Gasteiger partial charge in [-0.05, 0) is 25.2 Å². The van der Waals surface area contributed by atoms with Crippen molar-refractivity contribution in [1.29, 1.82) is 0 Å². The van der Waals surface area contributed by atoms with Crippen LogP contribution in [0.25, 0.3) is 0 Å². The third kappa shape index (κ3) is 4.71. The minimum atomic E-state index is -3.37. The zero-order chi connectivity index (χ0) is 17.0. The van der Waals surface area contributed by atoms with Gasteiger partial charge in [0.15, 0.2) is 0 Å². The Labute approximate surface area is 141 Å². The molecule has 9 heteroatoms. The lowest BCUT2D eigenvalue weighted by Gasteiger charge is -2.22. The van der Waals surface area contributed by atoms with Crippen LogP contribution in [-0.2, 0) is 21.2 Å². The lowest BCUT2D eigenvalue weighted by molar-refractivity contribution is -0.119. The fourth-order valence-electron chi connectivity index (χ4n) is 2.63. The highest BCUT2D eigenvalue weighted by atomic mass is 32.2. The summed E-state index contributed by atoms with van der Waals surface area (Å²) in [6.45, 7) is 6.42. The van der Waals surface area contributed by atoms with Crippen molar-refractivity contribution in [2.75, 3.05) is 17.6 Å². The largest absolute Gasteiger partial charge is 0.299 e. The van der Waals surface area contributed by atoms with Gasteiger partial charge in [0.05, 0.1) is 5.75 Å². The van der Waals surface area contributed by atoms with Crippen molar-refractivity contribution in [3.8, 4) is 0 Å². The fourth-order valence-corrected chi connectivity index (χ4v) is 5.34. The van der Waals surface area contributed by atoms with Crippen LogP contribution in [-0.4, -0.2) is 47.2 Å². The third-order valence-corrected chi connectivity index (χ3v) is 6.54. The van der Waals surface area contributed by atoms with Crippen LogP contribution in [0.1, 0.15) is 45.0 Å². The van der Waals surface area contributed by atoms with Gasteiger partial charge in [0.25, 0.3) is 0 Å². The van der Waals surface area contributed by atoms with Gasteiger partial charge in [-0.25, -0.2) is 8.42 Å². The number of anilines is 1. The predicted octanol–water partition coefficient (Wildman–Crippen LogP) is 1.88. The second kappa shape index (κ2) is 7.67. The Kier molecular flexibility index (Phi) is 6.10. The molecule has 1 aromatic heterocycles. The number of amides is 1. The molecule has 1 fully saturated rings. The summed E-state index contributed by atoms with van der Waals surface area (Å²) in [5.74, 6) is 0.235. The van der Waals surface area contributed by atoms with Crippen LogP contribution in [0.2, 0.25) is 0 Å². The maximum atomic E-state index is 12.4. The molecule has 1 N–H and O–H groups in total. The second-order valence-electron chi connectivity index (χ2n) is 6.17. The molecule has 1 amide bonds. The van der Waals surface area contributed by atoms with Gasteiger partial charge < -0.3 is 0 Å². The lowest BCUT2D eigenvalue weighted by atomic mass is 10.1. The van der Waals surface area contributed by atoms with Gasteiger partial charge in [0, 0.05) is 13.0 Å². The minimum absolute atomic E-state index is 0.0775. The van der Waals surface area contributed by atoms with E-state index >= 15 is 0 Å². The summed E-state index contributed by atoms with van der Waals surface area (Å²) in [5.41, 5.74) is 0. The number of nitrogens with one attached hydrogen (secondary N) is 1. The molecule has 1 atom stereocenters. The monoisotopic (exact) mass is 360 g/mol. The van der Waals surface area contributed by atoms with Gasteiger partial charge in [-0.3, -0.25) is 10.1 Å². The van der Waals surface area contributed by atoms with Crippen molar-refractivity contribution in [1.82, 2.24) is 14.5 Å². The number of sulfonamides is 1. The summed E-state index contributed by atoms with van der Waals surface area (Å²) in [6.07, 6.45) is 2.61. The number of aromatic nitrogens is 2. The molecule has 2 rings (SSSR count). The molecule has 2 heterocycles. The van der Waals surface area contributed by atoms with E-state index in [1.807, 2.05) is 6.92 Å². The lowest BCUT2D eigenvalue weighted by Crippen LogP contribution is -2.44. The number of hydrogen-bond acceptors (Lipinski definition) is 6. The van der Waals surface area contributed by atoms with Crippen LogP contribution in [0.5, 0.6) is 0 Å². The standard InChI is InChI=1S/C14H24N4O3S2/c1-4-8-23(20,21)18-7-5-6-11(18)13(19)15-14-17-16-12(22-14)9-10(2)3/h10-11H,4-9H2,1-3H3,(H,15,17,19)/t11-/m0/s1. The molecule has 1 saturated heterocycles. The normalized spacial score (nSPS) is 19.4. The summed E-state index contributed by atoms with van der Waals surface area (Å²) in [5, 5.41) is 12.1. The number of nitrogens with zero attached hydrogens (tertiary/aromatic N) is 3. The SMILES string of the molecule is CCCS(=O)(=O)N1CCC[C@H]1C(=O)Nc1nnc(CC(C)C)s1. The first-order chi connectivity index (χ1) is 10.8. The zero-order valence-corrected chi connectivity index (χ0v) is 15.4. The van der Waals surface area contributed by atoms with Crippen LogP contribution < -0.4 is 5.32 Å². The van der Waals surface area contributed by atoms with Crippen molar-refractivity contribution >= 4 is 32.4 Å². The first kappa shape index (κ1) is 18.3. The molecule has 1 aliphatic rings. The van der Waals surface area contributed by atoms with E-state index in [2.05, 4.69) is 29.4 Å². The van der Waals surface area contributed by atoms with Crippen LogP contribution in [0, 0.1) is 5.92 Å². The molecule has 0 aromatic carbocycles. The van der Waals surface area contributed by atoms with E-state index in [0.29, 0.717) is 36.9 Å². The van der Waals surface area contributed by atoms with Gasteiger partial charge in [0.1, 0.15) is 11.0 Å². The fraction of sp³-hybridized carbons (Fsp3) is 0.786. The Balaban J connectivity index is 2.03. The summed E-state index contributed by atoms with van der Waals surface area (Å²) in [4.78, 5) is 12.4. The highest BCUT2D eigenvalue weighted by molar-refractivity contribution is 7.89. The van der Waals surface area contributed by atoms with E-state index in [9.17, 15) is 13.2 Å². The quantitative estimate of drug-likeness (QED) is 0.801. The van der Waals surface area contributed by atoms with Crippen LogP contribution in [0.15, 0.2) is 0 Å². The molecule has 0 spiro atoms. The molecule has 23 heavy (non-hydrogen) atoms. The Morgan fingerprint density at radius 3 is 2.83 bits per heavy atom. The number of rotatable bonds is 7. The number of hydrogen-bond donors (Lipinski definition) is 1. The van der Waals surface area contributed by atoms with Crippen molar-refractivity contribution in [3.05, 3.63) is 5.01 Å². The summed E-state index contributed by atoms with van der Waals surface area (Å²) in [6, 6.07) is -0.635. The van der Waals surface area contributed by atoms with Crippen molar-refractivity contribution in [2.24, 2.45) is 5.92 Å². The van der Waals surface area contributed by atoms with Gasteiger partial charge in [-0.15, -0.1) is 10.2 Å². The van der Waals surface area contributed by atoms with E-state index in [1.54, 1.807) is 0 Å². The van der Waals surface area contributed by atoms with E-state index in [-0.39, 0.29) is 11.7 Å². The van der Waals surface area contributed by atoms with Crippen LogP contribution in [0.3, 0.4) is 0 Å². The van der Waals surface area contributed by atoms with Gasteiger partial charge in [0.2, 0.25) is 21.1 Å². The minimum Gasteiger partial charge on any atom is -0.299 e. The maximum absolute atomic E-state index is 12.4. The molecule has 0 unspecified atom stereocenters. The Hall–Kier alpha value is -1.06. The topological polar surface area (TPSA) is 92.3 Å².